The maximum absolute atomic E-state index is 14.5. The van der Waals surface area contributed by atoms with Crippen LogP contribution in [-0.4, -0.2) is 10.9 Å². The predicted molar refractivity (Wildman–Crippen MR) is 109 cm³/mol. The molecule has 4 rings (SSSR count). The molecular formula is C21H21FN4O4. The fourth-order valence-electron chi connectivity index (χ4n) is 3.49. The molecule has 0 saturated heterocycles. The number of nitrogens with one attached hydrogen (secondary N) is 3. The van der Waals surface area contributed by atoms with Crippen LogP contribution in [0.25, 0.3) is 0 Å². The number of carbonyl (C=O) groups excluding carboxylic acids is 1. The van der Waals surface area contributed by atoms with Gasteiger partial charge in [0.05, 0.1) is 17.4 Å². The first-order chi connectivity index (χ1) is 14.1. The summed E-state index contributed by atoms with van der Waals surface area (Å²) in [4.78, 5) is 40.9. The van der Waals surface area contributed by atoms with Gasteiger partial charge < -0.3 is 20.4 Å². The second-order valence-electron chi connectivity index (χ2n) is 8.42. The Kier molecular flexibility index (Phi) is 4.48. The van der Waals surface area contributed by atoms with Crippen LogP contribution in [0.15, 0.2) is 32.3 Å². The van der Waals surface area contributed by atoms with Crippen LogP contribution in [0.3, 0.4) is 0 Å². The van der Waals surface area contributed by atoms with Gasteiger partial charge in [-0.15, -0.1) is 0 Å². The summed E-state index contributed by atoms with van der Waals surface area (Å²) in [5.74, 6) is -0.161. The van der Waals surface area contributed by atoms with Gasteiger partial charge in [-0.1, -0.05) is 26.8 Å². The summed E-state index contributed by atoms with van der Waals surface area (Å²) in [6.45, 7) is 7.81. The number of oxazole rings is 1. The molecule has 1 atom stereocenters. The van der Waals surface area contributed by atoms with Gasteiger partial charge in [0, 0.05) is 6.54 Å². The Balaban J connectivity index is 1.72. The van der Waals surface area contributed by atoms with Gasteiger partial charge in [0.15, 0.2) is 0 Å². The Morgan fingerprint density at radius 2 is 1.83 bits per heavy atom. The van der Waals surface area contributed by atoms with E-state index in [0.29, 0.717) is 17.2 Å². The molecular weight excluding hydrogens is 391 g/mol. The standard InChI is InChI=1S/C21H21FN4O4/c1-9-7-24-20(30-9)18(21(2,3)4)26-15-14(16(27)17(15)28)25-13-11(22)6-5-10-8-23-19(29)12(10)13/h5-7,18,25-26H,8H2,1-4H3,(H,23,29)/t18-/m0/s1. The Morgan fingerprint density at radius 3 is 2.47 bits per heavy atom. The number of carbonyl (C=O) groups is 1. The maximum Gasteiger partial charge on any atom is 0.254 e. The van der Waals surface area contributed by atoms with Crippen LogP contribution >= 0.6 is 0 Å². The summed E-state index contributed by atoms with van der Waals surface area (Å²) in [7, 11) is 0. The van der Waals surface area contributed by atoms with Crippen LogP contribution in [0.4, 0.5) is 21.5 Å². The molecule has 8 nitrogen and oxygen atoms in total. The third-order valence-corrected chi connectivity index (χ3v) is 5.11. The lowest BCUT2D eigenvalue weighted by Crippen LogP contribution is -2.39. The van der Waals surface area contributed by atoms with Gasteiger partial charge in [-0.25, -0.2) is 9.37 Å². The molecule has 1 aliphatic rings. The van der Waals surface area contributed by atoms with E-state index < -0.39 is 34.0 Å². The highest BCUT2D eigenvalue weighted by atomic mass is 19.1. The van der Waals surface area contributed by atoms with E-state index in [9.17, 15) is 18.8 Å². The van der Waals surface area contributed by atoms with Gasteiger partial charge in [-0.2, -0.15) is 0 Å². The monoisotopic (exact) mass is 412 g/mol. The van der Waals surface area contributed by atoms with Gasteiger partial charge in [0.25, 0.3) is 16.8 Å². The molecule has 0 aliphatic carbocycles. The lowest BCUT2D eigenvalue weighted by molar-refractivity contribution is 0.0966. The topological polar surface area (TPSA) is 113 Å². The van der Waals surface area contributed by atoms with Crippen LogP contribution in [0.5, 0.6) is 0 Å². The Labute approximate surface area is 171 Å². The number of fused-ring (bicyclic) bond motifs is 1. The number of aromatic nitrogens is 1. The Hall–Kier alpha value is -3.49. The van der Waals surface area contributed by atoms with Gasteiger partial charge in [-0.3, -0.25) is 14.4 Å². The molecule has 9 heteroatoms. The number of halogens is 1. The number of amides is 1. The zero-order valence-corrected chi connectivity index (χ0v) is 17.0. The normalized spacial score (nSPS) is 14.5. The third kappa shape index (κ3) is 3.16. The van der Waals surface area contributed by atoms with Crippen LogP contribution in [0, 0.1) is 18.2 Å². The largest absolute Gasteiger partial charge is 0.444 e. The van der Waals surface area contributed by atoms with Crippen molar-refractivity contribution >= 4 is 23.0 Å². The Bertz CT molecular complexity index is 1230. The molecule has 1 aromatic heterocycles. The third-order valence-electron chi connectivity index (χ3n) is 5.11. The fraction of sp³-hybridized carbons (Fsp3) is 0.333. The van der Waals surface area contributed by atoms with E-state index in [1.165, 1.54) is 12.1 Å². The molecule has 3 aromatic rings. The predicted octanol–water partition coefficient (Wildman–Crippen LogP) is 2.90. The van der Waals surface area contributed by atoms with Crippen LogP contribution in [0.2, 0.25) is 0 Å². The van der Waals surface area contributed by atoms with Crippen LogP contribution in [0.1, 0.15) is 54.4 Å². The number of rotatable bonds is 5. The van der Waals surface area contributed by atoms with E-state index in [-0.39, 0.29) is 29.2 Å². The fourth-order valence-corrected chi connectivity index (χ4v) is 3.49. The first-order valence-electron chi connectivity index (χ1n) is 9.46. The quantitative estimate of drug-likeness (QED) is 0.552. The van der Waals surface area contributed by atoms with E-state index in [0.717, 1.165) is 0 Å². The van der Waals surface area contributed by atoms with Crippen molar-refractivity contribution in [1.82, 2.24) is 10.3 Å². The summed E-state index contributed by atoms with van der Waals surface area (Å²) < 4.78 is 20.1. The van der Waals surface area contributed by atoms with Crippen LogP contribution in [-0.2, 0) is 6.54 Å². The molecule has 0 spiro atoms. The average molecular weight is 412 g/mol. The van der Waals surface area contributed by atoms with Crippen molar-refractivity contribution < 1.29 is 13.6 Å². The number of anilines is 3. The van der Waals surface area contributed by atoms with Crippen molar-refractivity contribution in [2.75, 3.05) is 10.6 Å². The summed E-state index contributed by atoms with van der Waals surface area (Å²) in [5, 5.41) is 8.34. The smallest absolute Gasteiger partial charge is 0.254 e. The van der Waals surface area contributed by atoms with Gasteiger partial charge in [0.1, 0.15) is 29.0 Å². The van der Waals surface area contributed by atoms with Crippen molar-refractivity contribution in [3.8, 4) is 0 Å². The van der Waals surface area contributed by atoms with Gasteiger partial charge in [-0.05, 0) is 24.0 Å². The van der Waals surface area contributed by atoms with Crippen molar-refractivity contribution in [2.24, 2.45) is 5.41 Å². The van der Waals surface area contributed by atoms with E-state index in [2.05, 4.69) is 20.9 Å². The molecule has 0 fully saturated rings. The summed E-state index contributed by atoms with van der Waals surface area (Å²) >= 11 is 0. The molecule has 0 radical (unpaired) electrons. The zero-order chi connectivity index (χ0) is 21.8. The second-order valence-corrected chi connectivity index (χ2v) is 8.42. The molecule has 156 valence electrons. The number of aryl methyl sites for hydroxylation is 1. The molecule has 1 aliphatic heterocycles. The second kappa shape index (κ2) is 6.79. The number of benzene rings is 1. The summed E-state index contributed by atoms with van der Waals surface area (Å²) in [6, 6.07) is 2.20. The minimum atomic E-state index is -0.788. The van der Waals surface area contributed by atoms with Crippen molar-refractivity contribution in [2.45, 2.75) is 40.3 Å². The minimum absolute atomic E-state index is 0.00573. The highest BCUT2D eigenvalue weighted by Crippen LogP contribution is 2.37. The minimum Gasteiger partial charge on any atom is -0.444 e. The molecule has 0 unspecified atom stereocenters. The molecule has 2 heterocycles. The van der Waals surface area contributed by atoms with Crippen molar-refractivity contribution in [3.63, 3.8) is 0 Å². The molecule has 1 amide bonds. The van der Waals surface area contributed by atoms with E-state index in [1.54, 1.807) is 13.1 Å². The summed E-state index contributed by atoms with van der Waals surface area (Å²) in [6.07, 6.45) is 1.57. The molecule has 0 saturated carbocycles. The number of hydrogen-bond acceptors (Lipinski definition) is 7. The summed E-state index contributed by atoms with van der Waals surface area (Å²) in [5.41, 5.74) is -1.41. The number of nitrogens with zero attached hydrogens (tertiary/aromatic N) is 1. The zero-order valence-electron chi connectivity index (χ0n) is 17.0. The molecule has 0 bridgehead atoms. The maximum atomic E-state index is 14.5. The lowest BCUT2D eigenvalue weighted by atomic mass is 9.86. The Morgan fingerprint density at radius 1 is 1.13 bits per heavy atom. The van der Waals surface area contributed by atoms with Gasteiger partial charge >= 0.3 is 0 Å². The molecule has 3 N–H and O–H groups in total. The molecule has 30 heavy (non-hydrogen) atoms. The van der Waals surface area contributed by atoms with Crippen molar-refractivity contribution in [1.29, 1.82) is 0 Å². The lowest BCUT2D eigenvalue weighted by Gasteiger charge is -2.30. The van der Waals surface area contributed by atoms with Crippen LogP contribution < -0.4 is 26.8 Å². The highest BCUT2D eigenvalue weighted by Gasteiger charge is 2.35. The van der Waals surface area contributed by atoms with E-state index in [4.69, 9.17) is 4.42 Å². The average Bonchev–Trinajstić information content (AvgIpc) is 3.27. The van der Waals surface area contributed by atoms with Gasteiger partial charge in [0.2, 0.25) is 5.89 Å². The number of hydrogen-bond donors (Lipinski definition) is 3. The molecule has 2 aromatic carbocycles. The van der Waals surface area contributed by atoms with E-state index >= 15 is 0 Å². The first-order valence-corrected chi connectivity index (χ1v) is 9.46. The SMILES string of the molecule is Cc1cnc([C@H](Nc2c(Nc3c(F)ccc4c3C(=O)NC4)c(=O)c2=O)C(C)(C)C)o1. The highest BCUT2D eigenvalue weighted by molar-refractivity contribution is 6.04. The van der Waals surface area contributed by atoms with E-state index in [1.807, 2.05) is 20.8 Å². The first kappa shape index (κ1) is 19.8. The van der Waals surface area contributed by atoms with Crippen molar-refractivity contribution in [3.05, 3.63) is 67.4 Å².